The maximum Gasteiger partial charge on any atom is 0.316 e. The summed E-state index contributed by atoms with van der Waals surface area (Å²) in [5.74, 6) is -0.920. The van der Waals surface area contributed by atoms with Gasteiger partial charge in [0.1, 0.15) is 5.75 Å². The van der Waals surface area contributed by atoms with Crippen LogP contribution in [-0.4, -0.2) is 24.7 Å². The van der Waals surface area contributed by atoms with E-state index in [-0.39, 0.29) is 24.6 Å². The maximum absolute atomic E-state index is 12.4. The van der Waals surface area contributed by atoms with Crippen molar-refractivity contribution in [1.29, 1.82) is 0 Å². The highest BCUT2D eigenvalue weighted by Gasteiger charge is 2.36. The Morgan fingerprint density at radius 3 is 2.64 bits per heavy atom. The van der Waals surface area contributed by atoms with Crippen molar-refractivity contribution < 1.29 is 19.1 Å². The summed E-state index contributed by atoms with van der Waals surface area (Å²) in [6.45, 7) is 4.28. The molecule has 0 bridgehead atoms. The largest absolute Gasteiger partial charge is 0.425 e. The highest BCUT2D eigenvalue weighted by atomic mass is 16.5. The molecule has 25 heavy (non-hydrogen) atoms. The summed E-state index contributed by atoms with van der Waals surface area (Å²) in [4.78, 5) is 37.4. The summed E-state index contributed by atoms with van der Waals surface area (Å²) in [5.41, 5.74) is 3.34. The second kappa shape index (κ2) is 6.89. The predicted octanol–water partition coefficient (Wildman–Crippen LogP) is 3.07. The number of carbonyl (C=O) groups excluding carboxylic acids is 3. The molecular weight excluding hydrogens is 318 g/mol. The van der Waals surface area contributed by atoms with Gasteiger partial charge in [0, 0.05) is 18.7 Å². The molecule has 1 aliphatic heterocycles. The van der Waals surface area contributed by atoms with Crippen molar-refractivity contribution in [1.82, 2.24) is 0 Å². The molecule has 0 N–H and O–H groups in total. The summed E-state index contributed by atoms with van der Waals surface area (Å²) in [5, 5.41) is 0. The van der Waals surface area contributed by atoms with E-state index in [1.807, 2.05) is 32.0 Å². The van der Waals surface area contributed by atoms with E-state index in [0.29, 0.717) is 11.8 Å². The van der Waals surface area contributed by atoms with Gasteiger partial charge in [-0.2, -0.15) is 0 Å². The summed E-state index contributed by atoms with van der Waals surface area (Å²) < 4.78 is 5.35. The van der Waals surface area contributed by atoms with Crippen LogP contribution in [0.4, 0.5) is 5.69 Å². The van der Waals surface area contributed by atoms with Crippen LogP contribution in [0.1, 0.15) is 27.9 Å². The van der Waals surface area contributed by atoms with Crippen molar-refractivity contribution >= 4 is 23.9 Å². The molecule has 2 aromatic carbocycles. The first-order valence-electron chi connectivity index (χ1n) is 8.13. The van der Waals surface area contributed by atoms with E-state index < -0.39 is 11.9 Å². The molecule has 5 nitrogen and oxygen atoms in total. The lowest BCUT2D eigenvalue weighted by Gasteiger charge is -2.18. The molecular formula is C20H19NO4. The van der Waals surface area contributed by atoms with Crippen molar-refractivity contribution in [3.8, 4) is 5.75 Å². The zero-order chi connectivity index (χ0) is 18.0. The van der Waals surface area contributed by atoms with Gasteiger partial charge in [0.05, 0.1) is 11.5 Å². The third-order valence-electron chi connectivity index (χ3n) is 4.52. The van der Waals surface area contributed by atoms with Gasteiger partial charge in [0.25, 0.3) is 0 Å². The smallest absolute Gasteiger partial charge is 0.316 e. The van der Waals surface area contributed by atoms with E-state index in [2.05, 4.69) is 0 Å². The van der Waals surface area contributed by atoms with Gasteiger partial charge < -0.3 is 9.64 Å². The standard InChI is InChI=1S/C20H19NO4/c1-13-7-8-17(9-14(13)2)21-11-16(10-19(21)23)20(24)25-18-6-4-3-5-15(18)12-22/h3-9,12,16H,10-11H2,1-2H3/t16-/m0/s1. The number of carbonyl (C=O) groups is 3. The van der Waals surface area contributed by atoms with E-state index in [0.717, 1.165) is 16.8 Å². The van der Waals surface area contributed by atoms with Crippen LogP contribution in [0.15, 0.2) is 42.5 Å². The molecule has 2 aromatic rings. The van der Waals surface area contributed by atoms with Crippen LogP contribution in [0.2, 0.25) is 0 Å². The molecule has 0 unspecified atom stereocenters. The van der Waals surface area contributed by atoms with Crippen molar-refractivity contribution in [2.24, 2.45) is 5.92 Å². The molecule has 128 valence electrons. The zero-order valence-electron chi connectivity index (χ0n) is 14.2. The molecule has 0 radical (unpaired) electrons. The van der Waals surface area contributed by atoms with Gasteiger partial charge in [-0.1, -0.05) is 18.2 Å². The first-order chi connectivity index (χ1) is 12.0. The van der Waals surface area contributed by atoms with Crippen molar-refractivity contribution in [3.63, 3.8) is 0 Å². The Morgan fingerprint density at radius 2 is 1.92 bits per heavy atom. The Kier molecular flexibility index (Phi) is 4.65. The van der Waals surface area contributed by atoms with Crippen molar-refractivity contribution in [2.75, 3.05) is 11.4 Å². The van der Waals surface area contributed by atoms with Gasteiger partial charge in [-0.15, -0.1) is 0 Å². The van der Waals surface area contributed by atoms with Gasteiger partial charge in [-0.3, -0.25) is 14.4 Å². The van der Waals surface area contributed by atoms with Crippen molar-refractivity contribution in [2.45, 2.75) is 20.3 Å². The summed E-state index contributed by atoms with van der Waals surface area (Å²) in [6.07, 6.45) is 0.749. The highest BCUT2D eigenvalue weighted by molar-refractivity contribution is 6.00. The Morgan fingerprint density at radius 1 is 1.16 bits per heavy atom. The number of hydrogen-bond acceptors (Lipinski definition) is 4. The number of rotatable bonds is 4. The third-order valence-corrected chi connectivity index (χ3v) is 4.52. The Labute approximate surface area is 146 Å². The highest BCUT2D eigenvalue weighted by Crippen LogP contribution is 2.28. The normalized spacial score (nSPS) is 16.8. The second-order valence-corrected chi connectivity index (χ2v) is 6.25. The third kappa shape index (κ3) is 3.45. The number of hydrogen-bond donors (Lipinski definition) is 0. The van der Waals surface area contributed by atoms with E-state index in [9.17, 15) is 14.4 Å². The van der Waals surface area contributed by atoms with Gasteiger partial charge in [0.15, 0.2) is 6.29 Å². The number of anilines is 1. The fraction of sp³-hybridized carbons (Fsp3) is 0.250. The number of esters is 1. The van der Waals surface area contributed by atoms with E-state index in [1.165, 1.54) is 0 Å². The van der Waals surface area contributed by atoms with Crippen LogP contribution in [0.5, 0.6) is 5.75 Å². The molecule has 1 fully saturated rings. The molecule has 1 amide bonds. The Bertz CT molecular complexity index is 843. The molecule has 0 spiro atoms. The number of ether oxygens (including phenoxy) is 1. The number of aldehydes is 1. The SMILES string of the molecule is Cc1ccc(N2C[C@@H](C(=O)Oc3ccccc3C=O)CC2=O)cc1C. The lowest BCUT2D eigenvalue weighted by molar-refractivity contribution is -0.139. The summed E-state index contributed by atoms with van der Waals surface area (Å²) in [6, 6.07) is 12.3. The van der Waals surface area contributed by atoms with Crippen LogP contribution >= 0.6 is 0 Å². The van der Waals surface area contributed by atoms with E-state index in [1.54, 1.807) is 29.2 Å². The molecule has 5 heteroatoms. The minimum absolute atomic E-state index is 0.103. The summed E-state index contributed by atoms with van der Waals surface area (Å²) >= 11 is 0. The topological polar surface area (TPSA) is 63.7 Å². The number of amides is 1. The van der Waals surface area contributed by atoms with Gasteiger partial charge >= 0.3 is 5.97 Å². The average molecular weight is 337 g/mol. The van der Waals surface area contributed by atoms with Crippen LogP contribution in [0.3, 0.4) is 0 Å². The minimum atomic E-state index is -0.547. The van der Waals surface area contributed by atoms with E-state index in [4.69, 9.17) is 4.74 Å². The van der Waals surface area contributed by atoms with E-state index >= 15 is 0 Å². The van der Waals surface area contributed by atoms with Gasteiger partial charge in [-0.25, -0.2) is 0 Å². The number of benzene rings is 2. The Hall–Kier alpha value is -2.95. The molecule has 1 saturated heterocycles. The number of nitrogens with zero attached hydrogens (tertiary/aromatic N) is 1. The predicted molar refractivity (Wildman–Crippen MR) is 93.8 cm³/mol. The van der Waals surface area contributed by atoms with Crippen LogP contribution in [0, 0.1) is 19.8 Å². The first kappa shape index (κ1) is 16.9. The molecule has 1 aliphatic rings. The van der Waals surface area contributed by atoms with Crippen LogP contribution in [-0.2, 0) is 9.59 Å². The zero-order valence-corrected chi connectivity index (χ0v) is 14.2. The first-order valence-corrected chi connectivity index (χ1v) is 8.13. The fourth-order valence-corrected chi connectivity index (χ4v) is 2.87. The minimum Gasteiger partial charge on any atom is -0.425 e. The number of para-hydroxylation sites is 1. The number of aryl methyl sites for hydroxylation is 2. The molecule has 1 atom stereocenters. The quantitative estimate of drug-likeness (QED) is 0.489. The van der Waals surface area contributed by atoms with Crippen LogP contribution < -0.4 is 9.64 Å². The van der Waals surface area contributed by atoms with Crippen molar-refractivity contribution in [3.05, 3.63) is 59.2 Å². The molecule has 1 heterocycles. The molecule has 3 rings (SSSR count). The molecule has 0 aromatic heterocycles. The Balaban J connectivity index is 1.74. The molecule has 0 aliphatic carbocycles. The maximum atomic E-state index is 12.4. The lowest BCUT2D eigenvalue weighted by Crippen LogP contribution is -2.27. The van der Waals surface area contributed by atoms with Gasteiger partial charge in [0.2, 0.25) is 5.91 Å². The average Bonchev–Trinajstić information content (AvgIpc) is 3.00. The van der Waals surface area contributed by atoms with Crippen LogP contribution in [0.25, 0.3) is 0 Å². The summed E-state index contributed by atoms with van der Waals surface area (Å²) in [7, 11) is 0. The second-order valence-electron chi connectivity index (χ2n) is 6.25. The molecule has 0 saturated carbocycles. The fourth-order valence-electron chi connectivity index (χ4n) is 2.87. The monoisotopic (exact) mass is 337 g/mol. The van der Waals surface area contributed by atoms with Gasteiger partial charge in [-0.05, 0) is 49.2 Å². The lowest BCUT2D eigenvalue weighted by atomic mass is 10.1.